The average Bonchev–Trinajstić information content (AvgIpc) is 3.55. The lowest BCUT2D eigenvalue weighted by Crippen LogP contribution is -2.34. The third-order valence-electron chi connectivity index (χ3n) is 6.18. The average molecular weight is 509 g/mol. The van der Waals surface area contributed by atoms with Gasteiger partial charge >= 0.3 is 0 Å². The molecule has 2 atom stereocenters. The molecule has 0 aliphatic carbocycles. The van der Waals surface area contributed by atoms with Crippen molar-refractivity contribution in [2.75, 3.05) is 49.8 Å². The van der Waals surface area contributed by atoms with Crippen LogP contribution in [0.3, 0.4) is 0 Å². The van der Waals surface area contributed by atoms with Crippen LogP contribution in [0.25, 0.3) is 0 Å². The molecule has 2 aromatic heterocycles. The molecule has 0 spiro atoms. The van der Waals surface area contributed by atoms with Crippen LogP contribution in [0.15, 0.2) is 48.9 Å². The minimum Gasteiger partial charge on any atom is -0.492 e. The van der Waals surface area contributed by atoms with E-state index >= 15 is 0 Å². The molecule has 37 heavy (non-hydrogen) atoms. The number of rotatable bonds is 10. The molecule has 1 saturated heterocycles. The summed E-state index contributed by atoms with van der Waals surface area (Å²) in [5.41, 5.74) is 7.32. The van der Waals surface area contributed by atoms with Crippen LogP contribution in [0.5, 0.6) is 5.75 Å². The second kappa shape index (κ2) is 11.7. The lowest BCUT2D eigenvalue weighted by atomic mass is 10.1. The highest BCUT2D eigenvalue weighted by atomic mass is 16.5. The van der Waals surface area contributed by atoms with Gasteiger partial charge in [0.15, 0.2) is 0 Å². The van der Waals surface area contributed by atoms with Crippen LogP contribution in [0.4, 0.5) is 17.5 Å². The number of likely N-dealkylation sites (N-methyl/N-ethyl adjacent to an activating group) is 2. The molecule has 3 heterocycles. The highest BCUT2D eigenvalue weighted by Gasteiger charge is 2.34. The van der Waals surface area contributed by atoms with E-state index in [1.807, 2.05) is 43.1 Å². The Bertz CT molecular complexity index is 1220. The second-order valence-electron chi connectivity index (χ2n) is 8.99. The van der Waals surface area contributed by atoms with Crippen LogP contribution in [0, 0.1) is 6.92 Å². The van der Waals surface area contributed by atoms with Crippen molar-refractivity contribution in [3.8, 4) is 5.75 Å². The molecule has 2 unspecified atom stereocenters. The monoisotopic (exact) mass is 508 g/mol. The predicted molar refractivity (Wildman–Crippen MR) is 138 cm³/mol. The maximum atomic E-state index is 12.7. The van der Waals surface area contributed by atoms with Crippen molar-refractivity contribution in [2.45, 2.75) is 32.0 Å². The van der Waals surface area contributed by atoms with Gasteiger partial charge in [0, 0.05) is 32.9 Å². The summed E-state index contributed by atoms with van der Waals surface area (Å²) in [6.45, 7) is 3.26. The number of ether oxygens (including phenoxy) is 2. The first-order valence-electron chi connectivity index (χ1n) is 12.0. The van der Waals surface area contributed by atoms with Crippen LogP contribution < -0.4 is 20.7 Å². The van der Waals surface area contributed by atoms with E-state index in [2.05, 4.69) is 20.4 Å². The van der Waals surface area contributed by atoms with Gasteiger partial charge in [0.1, 0.15) is 30.8 Å². The Morgan fingerprint density at radius 2 is 2.03 bits per heavy atom. The number of aromatic nitrogens is 4. The summed E-state index contributed by atoms with van der Waals surface area (Å²) in [6, 6.07) is 9.49. The number of nitrogens with two attached hydrogens (primary N) is 1. The molecule has 1 aliphatic heterocycles. The van der Waals surface area contributed by atoms with Crippen molar-refractivity contribution in [1.82, 2.24) is 24.6 Å². The number of nitrogen functional groups attached to an aromatic ring is 1. The van der Waals surface area contributed by atoms with Crippen molar-refractivity contribution in [1.29, 1.82) is 0 Å². The molecular formula is C25H32N8O4. The smallest absolute Gasteiger partial charge is 0.253 e. The lowest BCUT2D eigenvalue weighted by Gasteiger charge is -2.24. The highest BCUT2D eigenvalue weighted by Crippen LogP contribution is 2.23. The summed E-state index contributed by atoms with van der Waals surface area (Å²) in [5, 5.41) is 7.01. The van der Waals surface area contributed by atoms with Gasteiger partial charge in [-0.25, -0.2) is 4.98 Å². The summed E-state index contributed by atoms with van der Waals surface area (Å²) in [7, 11) is 3.59. The van der Waals surface area contributed by atoms with Gasteiger partial charge in [0.2, 0.25) is 11.9 Å². The fourth-order valence-electron chi connectivity index (χ4n) is 3.87. The topological polar surface area (TPSA) is 141 Å². The van der Waals surface area contributed by atoms with Crippen molar-refractivity contribution >= 4 is 29.3 Å². The van der Waals surface area contributed by atoms with Crippen molar-refractivity contribution in [2.24, 2.45) is 0 Å². The Kier molecular flexibility index (Phi) is 8.18. The first kappa shape index (κ1) is 25.9. The van der Waals surface area contributed by atoms with Crippen LogP contribution in [-0.2, 0) is 20.9 Å². The Morgan fingerprint density at radius 3 is 2.78 bits per heavy atom. The van der Waals surface area contributed by atoms with Gasteiger partial charge in [0.25, 0.3) is 5.91 Å². The number of carbonyl (C=O) groups is 2. The normalized spacial score (nSPS) is 16.8. The maximum absolute atomic E-state index is 12.7. The molecule has 3 N–H and O–H groups in total. The largest absolute Gasteiger partial charge is 0.492 e. The van der Waals surface area contributed by atoms with Gasteiger partial charge in [-0.2, -0.15) is 10.1 Å². The van der Waals surface area contributed by atoms with Crippen molar-refractivity contribution in [3.63, 3.8) is 0 Å². The summed E-state index contributed by atoms with van der Waals surface area (Å²) >= 11 is 0. The van der Waals surface area contributed by atoms with Crippen molar-refractivity contribution < 1.29 is 19.1 Å². The Morgan fingerprint density at radius 1 is 1.24 bits per heavy atom. The summed E-state index contributed by atoms with van der Waals surface area (Å²) in [4.78, 5) is 36.9. The Labute approximate surface area is 215 Å². The minimum atomic E-state index is -0.615. The van der Waals surface area contributed by atoms with E-state index < -0.39 is 6.10 Å². The zero-order valence-corrected chi connectivity index (χ0v) is 21.2. The maximum Gasteiger partial charge on any atom is 0.253 e. The zero-order chi connectivity index (χ0) is 26.4. The Balaban J connectivity index is 1.21. The first-order chi connectivity index (χ1) is 17.8. The van der Waals surface area contributed by atoms with E-state index in [0.717, 1.165) is 11.3 Å². The van der Waals surface area contributed by atoms with Crippen LogP contribution >= 0.6 is 0 Å². The van der Waals surface area contributed by atoms with Crippen LogP contribution in [-0.4, -0.2) is 82.5 Å². The van der Waals surface area contributed by atoms with Gasteiger partial charge in [0.05, 0.1) is 31.1 Å². The fourth-order valence-corrected chi connectivity index (χ4v) is 3.87. The molecule has 2 amide bonds. The lowest BCUT2D eigenvalue weighted by molar-refractivity contribution is -0.131. The molecule has 196 valence electrons. The molecule has 0 saturated carbocycles. The third kappa shape index (κ3) is 6.94. The second-order valence-corrected chi connectivity index (χ2v) is 8.99. The molecule has 1 fully saturated rings. The third-order valence-corrected chi connectivity index (χ3v) is 6.18. The zero-order valence-electron chi connectivity index (χ0n) is 21.2. The molecule has 4 rings (SSSR count). The van der Waals surface area contributed by atoms with Gasteiger partial charge in [-0.05, 0) is 25.1 Å². The van der Waals surface area contributed by atoms with Crippen LogP contribution in [0.2, 0.25) is 0 Å². The molecule has 12 heteroatoms. The quantitative estimate of drug-likeness (QED) is 0.415. The number of anilines is 3. The molecule has 12 nitrogen and oxygen atoms in total. The highest BCUT2D eigenvalue weighted by molar-refractivity contribution is 5.94. The van der Waals surface area contributed by atoms with E-state index in [4.69, 9.17) is 15.2 Å². The number of carbonyl (C=O) groups excluding carboxylic acids is 2. The molecule has 1 aromatic carbocycles. The van der Waals surface area contributed by atoms with Gasteiger partial charge in [-0.15, -0.1) is 0 Å². The number of hydrogen-bond donors (Lipinski definition) is 2. The van der Waals surface area contributed by atoms with E-state index in [-0.39, 0.29) is 30.3 Å². The molecule has 0 bridgehead atoms. The summed E-state index contributed by atoms with van der Waals surface area (Å²) in [5.74, 6) is 1.23. The van der Waals surface area contributed by atoms with E-state index in [1.165, 1.54) is 10.9 Å². The van der Waals surface area contributed by atoms with Gasteiger partial charge in [-0.3, -0.25) is 14.3 Å². The van der Waals surface area contributed by atoms with Gasteiger partial charge in [-0.1, -0.05) is 17.7 Å². The van der Waals surface area contributed by atoms with E-state index in [1.54, 1.807) is 30.4 Å². The Hall–Kier alpha value is -4.19. The summed E-state index contributed by atoms with van der Waals surface area (Å²) < 4.78 is 12.9. The van der Waals surface area contributed by atoms with Crippen LogP contribution in [0.1, 0.15) is 12.0 Å². The fraction of sp³-hybridized carbons (Fsp3) is 0.400. The molecular weight excluding hydrogens is 476 g/mol. The number of benzene rings is 1. The minimum absolute atomic E-state index is 0.0316. The molecule has 3 aromatic rings. The number of nitrogens with one attached hydrogen (secondary N) is 1. The van der Waals surface area contributed by atoms with E-state index in [0.29, 0.717) is 37.7 Å². The number of aryl methyl sites for hydroxylation is 1. The first-order valence-corrected chi connectivity index (χ1v) is 12.0. The van der Waals surface area contributed by atoms with Crippen molar-refractivity contribution in [3.05, 3.63) is 54.5 Å². The number of hydrogen-bond acceptors (Lipinski definition) is 9. The predicted octanol–water partition coefficient (Wildman–Crippen LogP) is 1.33. The van der Waals surface area contributed by atoms with Gasteiger partial charge < -0.3 is 30.3 Å². The summed E-state index contributed by atoms with van der Waals surface area (Å²) in [6.07, 6.45) is 4.60. The molecule has 0 radical (unpaired) electrons. The number of amides is 2. The SMILES string of the molecule is Cc1ccc(OCCN(C)C(=O)Cn2cc(NC(=O)C3CC(N(C)c4ccnc(N)n4)CO3)cn2)cc1. The van der Waals surface area contributed by atoms with E-state index in [9.17, 15) is 9.59 Å². The standard InChI is InChI=1S/C25H32N8O4/c1-17-4-6-20(7-5-17)36-11-10-31(2)23(34)15-33-14-18(13-28-33)29-24(35)21-12-19(16-37-21)32(3)22-8-9-27-25(26)30-22/h4-9,13-14,19,21H,10-12,15-16H2,1-3H3,(H,29,35)(H2,26,27,30). The number of nitrogens with zero attached hydrogens (tertiary/aromatic N) is 6. The molecule has 1 aliphatic rings.